The van der Waals surface area contributed by atoms with Crippen LogP contribution in [0.3, 0.4) is 0 Å². The Morgan fingerprint density at radius 2 is 2.16 bits per heavy atom. The molecule has 3 atom stereocenters. The van der Waals surface area contributed by atoms with Crippen LogP contribution in [-0.2, 0) is 14.3 Å². The lowest BCUT2D eigenvalue weighted by atomic mass is 9.98. The molecule has 0 aliphatic carbocycles. The Kier molecular flexibility index (Phi) is 7.76. The van der Waals surface area contributed by atoms with E-state index in [1.165, 1.54) is 19.3 Å². The van der Waals surface area contributed by atoms with Crippen molar-refractivity contribution < 1.29 is 19.4 Å². The molecule has 0 spiro atoms. The van der Waals surface area contributed by atoms with Gasteiger partial charge in [0, 0.05) is 19.0 Å². The van der Waals surface area contributed by atoms with Gasteiger partial charge in [-0.2, -0.15) is 4.98 Å². The van der Waals surface area contributed by atoms with Crippen molar-refractivity contribution >= 4 is 34.4 Å². The van der Waals surface area contributed by atoms with Gasteiger partial charge in [0.05, 0.1) is 12.0 Å². The first-order valence-corrected chi connectivity index (χ1v) is 11.1. The molecule has 0 amide bonds. The Hall–Kier alpha value is -2.34. The summed E-state index contributed by atoms with van der Waals surface area (Å²) in [6, 6.07) is 1.75. The third-order valence-corrected chi connectivity index (χ3v) is 5.82. The van der Waals surface area contributed by atoms with E-state index < -0.39 is 24.5 Å². The van der Waals surface area contributed by atoms with Crippen molar-refractivity contribution in [2.45, 2.75) is 76.2 Å². The number of aliphatic hydroxyl groups is 1. The number of terminal acetylenes is 1. The molecule has 8 nitrogen and oxygen atoms in total. The van der Waals surface area contributed by atoms with Gasteiger partial charge in [-0.3, -0.25) is 4.79 Å². The summed E-state index contributed by atoms with van der Waals surface area (Å²) < 4.78 is 13.4. The molecule has 2 aromatic rings. The van der Waals surface area contributed by atoms with Gasteiger partial charge in [0.2, 0.25) is 5.28 Å². The lowest BCUT2D eigenvalue weighted by molar-refractivity contribution is -0.158. The first-order valence-electron chi connectivity index (χ1n) is 10.7. The second kappa shape index (κ2) is 10.3. The van der Waals surface area contributed by atoms with E-state index in [9.17, 15) is 9.90 Å². The number of hydrogen-bond acceptors (Lipinski definition) is 7. The maximum absolute atomic E-state index is 12.4. The zero-order valence-corrected chi connectivity index (χ0v) is 18.5. The van der Waals surface area contributed by atoms with E-state index in [0.29, 0.717) is 17.5 Å². The molecule has 9 heteroatoms. The van der Waals surface area contributed by atoms with Crippen LogP contribution in [0.2, 0.25) is 5.28 Å². The van der Waals surface area contributed by atoms with Crippen LogP contribution in [-0.4, -0.2) is 43.9 Å². The van der Waals surface area contributed by atoms with Crippen LogP contribution in [0.4, 0.5) is 5.82 Å². The standard InChI is InChI=1S/C22H29ClN4O4/c1-3-5-6-7-8-9-10-18(29)30-16-13-17(31-22(16,4-2)14-28)27-12-11-15-19(24)25-21(23)26-20(15)27/h2,11-12,16-17,28H,3,5-10,13-14H2,1H3,(H2,24,25,26)/t16-,17+,22+/m0/s1. The molecular formula is C22H29ClN4O4. The van der Waals surface area contributed by atoms with Gasteiger partial charge in [-0.05, 0) is 24.1 Å². The monoisotopic (exact) mass is 448 g/mol. The molecule has 1 aliphatic rings. The fourth-order valence-electron chi connectivity index (χ4n) is 3.89. The number of rotatable bonds is 10. The van der Waals surface area contributed by atoms with Crippen LogP contribution in [0.5, 0.6) is 0 Å². The van der Waals surface area contributed by atoms with Crippen molar-refractivity contribution in [3.63, 3.8) is 0 Å². The van der Waals surface area contributed by atoms with Crippen molar-refractivity contribution in [2.24, 2.45) is 0 Å². The Balaban J connectivity index is 1.69. The summed E-state index contributed by atoms with van der Waals surface area (Å²) >= 11 is 5.96. The number of ether oxygens (including phenoxy) is 2. The number of nitrogens with zero attached hydrogens (tertiary/aromatic N) is 3. The number of unbranched alkanes of at least 4 members (excludes halogenated alkanes) is 5. The second-order valence-electron chi connectivity index (χ2n) is 7.83. The summed E-state index contributed by atoms with van der Waals surface area (Å²) in [7, 11) is 0. The highest BCUT2D eigenvalue weighted by Gasteiger charge is 2.50. The Morgan fingerprint density at radius 3 is 2.87 bits per heavy atom. The highest BCUT2D eigenvalue weighted by molar-refractivity contribution is 6.28. The summed E-state index contributed by atoms with van der Waals surface area (Å²) in [6.07, 6.45) is 13.0. The van der Waals surface area contributed by atoms with Crippen molar-refractivity contribution in [2.75, 3.05) is 12.3 Å². The van der Waals surface area contributed by atoms with Crippen molar-refractivity contribution in [1.29, 1.82) is 0 Å². The lowest BCUT2D eigenvalue weighted by Gasteiger charge is -2.26. The van der Waals surface area contributed by atoms with E-state index in [2.05, 4.69) is 22.8 Å². The van der Waals surface area contributed by atoms with Crippen LogP contribution in [0.1, 0.15) is 64.5 Å². The minimum Gasteiger partial charge on any atom is -0.458 e. The number of aromatic nitrogens is 3. The van der Waals surface area contributed by atoms with E-state index in [4.69, 9.17) is 33.2 Å². The molecule has 3 N–H and O–H groups in total. The first-order chi connectivity index (χ1) is 14.9. The highest BCUT2D eigenvalue weighted by atomic mass is 35.5. The smallest absolute Gasteiger partial charge is 0.306 e. The highest BCUT2D eigenvalue weighted by Crippen LogP contribution is 2.40. The minimum atomic E-state index is -1.43. The molecule has 1 saturated heterocycles. The van der Waals surface area contributed by atoms with E-state index in [1.54, 1.807) is 16.8 Å². The number of aliphatic hydroxyl groups excluding tert-OH is 1. The molecule has 0 bridgehead atoms. The van der Waals surface area contributed by atoms with E-state index >= 15 is 0 Å². The summed E-state index contributed by atoms with van der Waals surface area (Å²) in [4.78, 5) is 20.6. The molecule has 31 heavy (non-hydrogen) atoms. The molecule has 2 aromatic heterocycles. The van der Waals surface area contributed by atoms with Gasteiger partial charge in [-0.1, -0.05) is 44.9 Å². The average Bonchev–Trinajstić information content (AvgIpc) is 3.32. The SMILES string of the molecule is C#C[C@]1(CO)O[C@@H](n2ccc3c(N)nc(Cl)nc32)C[C@@H]1OC(=O)CCCCCCCC. The molecule has 0 saturated carbocycles. The van der Waals surface area contributed by atoms with Gasteiger partial charge < -0.3 is 24.9 Å². The summed E-state index contributed by atoms with van der Waals surface area (Å²) in [5, 5.41) is 10.6. The van der Waals surface area contributed by atoms with Crippen LogP contribution < -0.4 is 5.73 Å². The molecule has 0 unspecified atom stereocenters. The number of anilines is 1. The maximum Gasteiger partial charge on any atom is 0.306 e. The van der Waals surface area contributed by atoms with E-state index in [0.717, 1.165) is 19.3 Å². The van der Waals surface area contributed by atoms with E-state index in [1.807, 2.05) is 0 Å². The number of hydrogen-bond donors (Lipinski definition) is 2. The molecular weight excluding hydrogens is 420 g/mol. The van der Waals surface area contributed by atoms with Crippen LogP contribution in [0.25, 0.3) is 11.0 Å². The number of carbonyl (C=O) groups is 1. The number of nitrogens with two attached hydrogens (primary N) is 1. The zero-order chi connectivity index (χ0) is 22.4. The average molecular weight is 449 g/mol. The number of nitrogen functional groups attached to an aromatic ring is 1. The Labute approximate surface area is 187 Å². The van der Waals surface area contributed by atoms with Crippen molar-refractivity contribution in [3.05, 3.63) is 17.5 Å². The van der Waals surface area contributed by atoms with Crippen LogP contribution in [0, 0.1) is 12.3 Å². The number of carbonyl (C=O) groups excluding carboxylic acids is 1. The predicted molar refractivity (Wildman–Crippen MR) is 118 cm³/mol. The quantitative estimate of drug-likeness (QED) is 0.247. The number of halogens is 1. The summed E-state index contributed by atoms with van der Waals surface area (Å²) in [6.45, 7) is 1.69. The topological polar surface area (TPSA) is 112 Å². The molecule has 3 rings (SSSR count). The Morgan fingerprint density at radius 1 is 1.42 bits per heavy atom. The fourth-order valence-corrected chi connectivity index (χ4v) is 4.07. The second-order valence-corrected chi connectivity index (χ2v) is 8.17. The van der Waals surface area contributed by atoms with Crippen LogP contribution >= 0.6 is 11.6 Å². The van der Waals surface area contributed by atoms with Crippen molar-refractivity contribution in [1.82, 2.24) is 14.5 Å². The normalized spacial score (nSPS) is 23.2. The molecule has 0 aromatic carbocycles. The van der Waals surface area contributed by atoms with Gasteiger partial charge in [0.15, 0.2) is 5.60 Å². The summed E-state index contributed by atoms with van der Waals surface area (Å²) in [5.74, 6) is 2.40. The fraction of sp³-hybridized carbons (Fsp3) is 0.591. The number of fused-ring (bicyclic) bond motifs is 1. The van der Waals surface area contributed by atoms with Gasteiger partial charge in [0.1, 0.15) is 23.8 Å². The lowest BCUT2D eigenvalue weighted by Crippen LogP contribution is -2.44. The van der Waals surface area contributed by atoms with Gasteiger partial charge in [-0.15, -0.1) is 6.42 Å². The van der Waals surface area contributed by atoms with Crippen molar-refractivity contribution in [3.8, 4) is 12.3 Å². The predicted octanol–water partition coefficient (Wildman–Crippen LogP) is 3.61. The largest absolute Gasteiger partial charge is 0.458 e. The molecule has 1 aliphatic heterocycles. The maximum atomic E-state index is 12.4. The van der Waals surface area contributed by atoms with Gasteiger partial charge in [0.25, 0.3) is 0 Å². The van der Waals surface area contributed by atoms with E-state index in [-0.39, 0.29) is 23.5 Å². The van der Waals surface area contributed by atoms with Gasteiger partial charge >= 0.3 is 5.97 Å². The summed E-state index contributed by atoms with van der Waals surface area (Å²) in [5.41, 5.74) is 4.97. The molecule has 3 heterocycles. The van der Waals surface area contributed by atoms with Crippen LogP contribution in [0.15, 0.2) is 12.3 Å². The zero-order valence-electron chi connectivity index (χ0n) is 17.7. The van der Waals surface area contributed by atoms with Gasteiger partial charge in [-0.25, -0.2) is 4.98 Å². The minimum absolute atomic E-state index is 0.00947. The molecule has 168 valence electrons. The number of esters is 1. The molecule has 0 radical (unpaired) electrons. The molecule has 1 fully saturated rings. The first kappa shape index (κ1) is 23.3. The third kappa shape index (κ3) is 5.12. The third-order valence-electron chi connectivity index (χ3n) is 5.65. The Bertz CT molecular complexity index is 957.